The normalized spacial score (nSPS) is 16.8. The Bertz CT molecular complexity index is 3870. The molecule has 4 heterocycles. The van der Waals surface area contributed by atoms with E-state index in [0.717, 1.165) is 10.9 Å². The number of phenolic OH excluding ortho intramolecular Hbond substituents is 1. The molecule has 2 aromatic heterocycles. The molecule has 0 radical (unpaired) electrons. The average Bonchev–Trinajstić information content (AvgIpc) is 1.73. The number of phenols is 1. The fourth-order valence-electron chi connectivity index (χ4n) is 13.3. The summed E-state index contributed by atoms with van der Waals surface area (Å²) in [4.78, 5) is 220. The largest absolute Gasteiger partial charge is 0.508 e. The fourth-order valence-corrected chi connectivity index (χ4v) is 13.3. The van der Waals surface area contributed by atoms with E-state index < -0.39 is 174 Å². The van der Waals surface area contributed by atoms with Gasteiger partial charge in [0.2, 0.25) is 82.7 Å². The van der Waals surface area contributed by atoms with Crippen LogP contribution in [0.3, 0.4) is 0 Å². The van der Waals surface area contributed by atoms with Crippen LogP contribution in [0.1, 0.15) is 161 Å². The van der Waals surface area contributed by atoms with Crippen molar-refractivity contribution in [1.82, 2.24) is 77.9 Å². The quantitative estimate of drug-likeness (QED) is 0.0223. The van der Waals surface area contributed by atoms with E-state index in [1.807, 2.05) is 25.1 Å². The number of nitrogens with one attached hydrogen (secondary N) is 12. The van der Waals surface area contributed by atoms with Gasteiger partial charge in [-0.1, -0.05) is 77.8 Å². The molecule has 2 aliphatic rings. The highest BCUT2D eigenvalue weighted by Crippen LogP contribution is 2.25. The Morgan fingerprint density at radius 2 is 1.03 bits per heavy atom. The van der Waals surface area contributed by atoms with E-state index in [9.17, 15) is 82.1 Å². The van der Waals surface area contributed by atoms with E-state index in [1.54, 1.807) is 40.0 Å². The first-order valence-corrected chi connectivity index (χ1v) is 37.9. The minimum Gasteiger partial charge on any atom is -0.508 e. The predicted molar refractivity (Wildman–Crippen MR) is 405 cm³/mol. The van der Waals surface area contributed by atoms with E-state index in [4.69, 9.17) is 22.9 Å². The number of nitrogens with two attached hydrogens (primary N) is 4. The maximum Gasteiger partial charge on any atom is 0.326 e. The maximum atomic E-state index is 14.8. The minimum atomic E-state index is -1.56. The molecule has 6 rings (SSSR count). The monoisotopic (exact) mass is 1550 g/mol. The summed E-state index contributed by atoms with van der Waals surface area (Å²) in [6.45, 7) is 9.95. The Balaban J connectivity index is 1.13. The van der Waals surface area contributed by atoms with Crippen LogP contribution >= 0.6 is 0 Å². The van der Waals surface area contributed by atoms with E-state index in [1.165, 1.54) is 53.5 Å². The van der Waals surface area contributed by atoms with Gasteiger partial charge in [-0.2, -0.15) is 0 Å². The lowest BCUT2D eigenvalue weighted by Gasteiger charge is -2.31. The molecule has 36 heteroatoms. The molecule has 2 saturated heterocycles. The number of rotatable bonds is 46. The Kier molecular flexibility index (Phi) is 35.2. The van der Waals surface area contributed by atoms with Gasteiger partial charge >= 0.3 is 5.97 Å². The second-order valence-electron chi connectivity index (χ2n) is 29.2. The number of aromatic amines is 2. The van der Waals surface area contributed by atoms with Crippen molar-refractivity contribution in [2.75, 3.05) is 26.2 Å². The summed E-state index contributed by atoms with van der Waals surface area (Å²) in [6, 6.07) is -2.70. The number of aromatic hydroxyl groups is 1. The van der Waals surface area contributed by atoms with Crippen LogP contribution in [0.2, 0.25) is 0 Å². The highest BCUT2D eigenvalue weighted by molar-refractivity contribution is 6.00. The van der Waals surface area contributed by atoms with E-state index in [-0.39, 0.29) is 114 Å². The molecule has 608 valence electrons. The molecule has 0 saturated carbocycles. The summed E-state index contributed by atoms with van der Waals surface area (Å²) in [5, 5.41) is 47.0. The number of hydrogen-bond acceptors (Lipinski definition) is 19. The Morgan fingerprint density at radius 1 is 0.541 bits per heavy atom. The zero-order chi connectivity index (χ0) is 81.6. The highest BCUT2D eigenvalue weighted by Gasteiger charge is 2.42. The number of aliphatic carboxylic acids is 1. The first-order chi connectivity index (χ1) is 52.8. The number of para-hydroxylation sites is 1. The molecule has 0 bridgehead atoms. The second kappa shape index (κ2) is 44.0. The summed E-state index contributed by atoms with van der Waals surface area (Å²) in [6.07, 6.45) is 5.52. The van der Waals surface area contributed by atoms with Crippen LogP contribution in [0.25, 0.3) is 10.9 Å². The smallest absolute Gasteiger partial charge is 0.326 e. The van der Waals surface area contributed by atoms with Crippen LogP contribution in [0.15, 0.2) is 67.3 Å². The molecule has 0 aliphatic carbocycles. The molecule has 0 spiro atoms. The number of hydrogen-bond donors (Lipinski definition) is 18. The van der Waals surface area contributed by atoms with Gasteiger partial charge in [0.05, 0.1) is 18.9 Å². The number of carboxylic acids is 1. The van der Waals surface area contributed by atoms with Gasteiger partial charge in [0.1, 0.15) is 72.2 Å². The average molecular weight is 1550 g/mol. The summed E-state index contributed by atoms with van der Waals surface area (Å²) >= 11 is 0. The Hall–Kier alpha value is -11.0. The highest BCUT2D eigenvalue weighted by atomic mass is 16.4. The third kappa shape index (κ3) is 28.1. The number of carbonyl (C=O) groups is 15. The lowest BCUT2D eigenvalue weighted by atomic mass is 9.99. The molecule has 12 atom stereocenters. The van der Waals surface area contributed by atoms with Gasteiger partial charge < -0.3 is 106 Å². The van der Waals surface area contributed by atoms with Crippen molar-refractivity contribution < 1.29 is 82.1 Å². The zero-order valence-corrected chi connectivity index (χ0v) is 63.9. The molecule has 36 nitrogen and oxygen atoms in total. The van der Waals surface area contributed by atoms with Crippen LogP contribution in [0, 0.1) is 11.8 Å². The number of benzene rings is 2. The Morgan fingerprint density at radius 3 is 1.57 bits per heavy atom. The number of aromatic nitrogens is 3. The van der Waals surface area contributed by atoms with E-state index in [0.29, 0.717) is 55.3 Å². The topological polar surface area (TPSA) is 572 Å². The fraction of sp³-hybridized carbons (Fsp3) is 0.573. The standard InChI is InChI=1S/C75H111N19O17/c1-7-8-16-50(65(100)92-58(75(110)111)34-44-21-23-47(95)24-22-44)86-72(107)60-20-14-31-94(60)74(109)53(26-28-62(79)97)84-63(98)39-82-71(106)59-19-13-30-93(59)73(108)52(18-11-12-29-76)87-68(103)55(33-42(4)5)89-66(101)51(25-27-61(78)96)85-67(102)54(32-41(2)3)90-69(104)56(35-45-37-81-49-17-10-9-15-48(45)49)91-70(105)57(88-64(99)43(6)77)36-46-38-80-40-83-46/h9-10,15,17,21-24,37-38,40-43,50-60,81,95H,7-8,11-14,16,18-20,25-36,39,76-77H2,1-6H3,(H2,78,96)(H2,79,97)(H,80,83)(H,82,106)(H,84,98)(H,85,102)(H,86,107)(H,87,103)(H,88,99)(H,89,101)(H,90,104)(H,91,105)(H,92,100)(H,110,111)/t43-,50+,51+,52+,53+,54+,55+,56+,57+,58+,59+,60+/m1/s1. The van der Waals surface area contributed by atoms with Crippen molar-refractivity contribution in [3.05, 3.63) is 84.1 Å². The summed E-state index contributed by atoms with van der Waals surface area (Å²) in [5.41, 5.74) is 25.2. The van der Waals surface area contributed by atoms with Gasteiger partial charge in [0.15, 0.2) is 0 Å². The van der Waals surface area contributed by atoms with Crippen LogP contribution in [-0.4, -0.2) is 222 Å². The van der Waals surface area contributed by atoms with Crippen molar-refractivity contribution in [1.29, 1.82) is 0 Å². The van der Waals surface area contributed by atoms with Crippen molar-refractivity contribution >= 4 is 99.6 Å². The molecular formula is C75H111N19O17. The van der Waals surface area contributed by atoms with E-state index >= 15 is 0 Å². The van der Waals surface area contributed by atoms with Crippen molar-refractivity contribution in [2.24, 2.45) is 34.8 Å². The molecule has 2 aliphatic heterocycles. The molecule has 22 N–H and O–H groups in total. The van der Waals surface area contributed by atoms with Gasteiger partial charge in [0.25, 0.3) is 0 Å². The van der Waals surface area contributed by atoms with E-state index in [2.05, 4.69) is 68.1 Å². The molecule has 0 unspecified atom stereocenters. The number of imidazole rings is 1. The molecular weight excluding hydrogens is 1440 g/mol. The third-order valence-electron chi connectivity index (χ3n) is 19.2. The summed E-state index contributed by atoms with van der Waals surface area (Å²) < 4.78 is 0. The number of carboxylic acid groups (broad SMARTS) is 1. The number of H-pyrrole nitrogens is 2. The van der Waals surface area contributed by atoms with Gasteiger partial charge in [-0.3, -0.25) is 67.1 Å². The molecule has 4 aromatic rings. The number of unbranched alkanes of at least 4 members (excludes halogenated alkanes) is 2. The molecule has 2 aromatic carbocycles. The van der Waals surface area contributed by atoms with Gasteiger partial charge in [0, 0.05) is 74.2 Å². The van der Waals surface area contributed by atoms with Crippen LogP contribution < -0.4 is 76.1 Å². The number of fused-ring (bicyclic) bond motifs is 1. The first-order valence-electron chi connectivity index (χ1n) is 37.9. The number of amides is 14. The SMILES string of the molecule is CCCC[C@H](NC(=O)[C@@H]1CCCN1C(=O)[C@H](CCC(N)=O)NC(=O)CNC(=O)[C@@H]1CCCN1C(=O)[C@H](CCCCN)NC(=O)[C@H](CC(C)C)NC(=O)[C@H](CCC(N)=O)NC(=O)[C@H](CC(C)C)NC(=O)[C@H](Cc1c[nH]c2ccccc12)NC(=O)[C@H](Cc1cnc[nH]1)NC(=O)[C@@H](C)N)C(=O)N[C@@H](Cc1ccc(O)cc1)C(=O)O. The Labute approximate surface area is 643 Å². The van der Waals surface area contributed by atoms with Crippen LogP contribution in [0.5, 0.6) is 5.75 Å². The maximum absolute atomic E-state index is 14.8. The number of carbonyl (C=O) groups excluding carboxylic acids is 14. The van der Waals surface area contributed by atoms with Crippen molar-refractivity contribution in [3.63, 3.8) is 0 Å². The van der Waals surface area contributed by atoms with Crippen LogP contribution in [-0.2, 0) is 91.2 Å². The number of nitrogens with zero attached hydrogens (tertiary/aromatic N) is 3. The van der Waals surface area contributed by atoms with Gasteiger partial charge in [-0.05, 0) is 132 Å². The second-order valence-corrected chi connectivity index (χ2v) is 29.2. The van der Waals surface area contributed by atoms with Crippen molar-refractivity contribution in [3.8, 4) is 5.75 Å². The number of primary amides is 2. The summed E-state index contributed by atoms with van der Waals surface area (Å²) in [5.74, 6) is -13.1. The lowest BCUT2D eigenvalue weighted by molar-refractivity contribution is -0.144. The molecule has 2 fully saturated rings. The number of likely N-dealkylation sites (tertiary alicyclic amines) is 2. The molecule has 14 amide bonds. The van der Waals surface area contributed by atoms with Crippen LogP contribution in [0.4, 0.5) is 0 Å². The zero-order valence-electron chi connectivity index (χ0n) is 63.9. The van der Waals surface area contributed by atoms with Gasteiger partial charge in [-0.25, -0.2) is 9.78 Å². The first kappa shape index (κ1) is 88.9. The predicted octanol–water partition coefficient (Wildman–Crippen LogP) is -1.54. The lowest BCUT2D eigenvalue weighted by Crippen LogP contribution is -2.61. The third-order valence-corrected chi connectivity index (χ3v) is 19.2. The molecule has 111 heavy (non-hydrogen) atoms. The minimum absolute atomic E-state index is 0.0113. The van der Waals surface area contributed by atoms with Crippen molar-refractivity contribution in [2.45, 2.75) is 236 Å². The van der Waals surface area contributed by atoms with Gasteiger partial charge in [-0.15, -0.1) is 0 Å². The summed E-state index contributed by atoms with van der Waals surface area (Å²) in [7, 11) is 0.